The Balaban J connectivity index is 0.946. The highest BCUT2D eigenvalue weighted by Crippen LogP contribution is 2.49. The molecule has 9 atom stereocenters. The molecule has 1 aliphatic carbocycles. The summed E-state index contributed by atoms with van der Waals surface area (Å²) < 4.78 is 29.5. The lowest BCUT2D eigenvalue weighted by atomic mass is 9.81. The quantitative estimate of drug-likeness (QED) is 0.0759. The van der Waals surface area contributed by atoms with Gasteiger partial charge in [0, 0.05) is 82.3 Å². The van der Waals surface area contributed by atoms with Crippen molar-refractivity contribution < 1.29 is 71.9 Å². The molecule has 3 N–H and O–H groups in total. The van der Waals surface area contributed by atoms with Crippen LogP contribution in [0.3, 0.4) is 0 Å². The number of methoxy groups -OCH3 is 2. The Morgan fingerprint density at radius 2 is 1.76 bits per heavy atom. The van der Waals surface area contributed by atoms with Gasteiger partial charge in [0.15, 0.2) is 18.3 Å². The summed E-state index contributed by atoms with van der Waals surface area (Å²) in [6.07, 6.45) is 4.54. The number of nitrogens with zero attached hydrogens (tertiary/aromatic N) is 3. The Kier molecular flexibility index (Phi) is 19.9. The van der Waals surface area contributed by atoms with Crippen LogP contribution in [0.1, 0.15) is 111 Å². The molecule has 2 aromatic carbocycles. The van der Waals surface area contributed by atoms with E-state index in [0.29, 0.717) is 80.2 Å². The zero-order chi connectivity index (χ0) is 57.5. The topological polar surface area (TPSA) is 257 Å². The number of hydrogen-bond donors (Lipinski definition) is 3. The fourth-order valence-electron chi connectivity index (χ4n) is 11.0. The first-order valence-corrected chi connectivity index (χ1v) is 28.1. The number of likely N-dealkylation sites (tertiary alicyclic amines) is 1. The molecule has 1 saturated carbocycles. The number of benzene rings is 2. The zero-order valence-corrected chi connectivity index (χ0v) is 47.5. The monoisotopic (exact) mass is 1130 g/mol. The summed E-state index contributed by atoms with van der Waals surface area (Å²) in [5, 5.41) is 16.8. The standard InChI is InChI=1S/C57H72ClN5O15S/c1-32-10-9-11-45(75-8)57(73)28-43(76-55(72)60-57)33(2)51-56(4,78-51)46(27-48(67)62(6)41-24-37(22-32)25-42(74-7)50(41)58)77-54(71)34(3)61(5)47(66)19-21-79-44-26-49(68)63(53(44)70)29-36-13-15-38(16-14-36)52(69)59-20-18-35-12-17-39(30-64)40(23-35)31-65/h9-12,17,23-25,30-31,33-34,36,38,43-46,51,73H,13-16,18-22,26-29H2,1-8H3,(H,59,69)(H,60,72)/b11-9+,32-10+/t33?,34-,36?,38?,43?,44?,45?,46-,51?,56?,57?/m0/s1. The van der Waals surface area contributed by atoms with Gasteiger partial charge < -0.3 is 43.9 Å². The van der Waals surface area contributed by atoms with Gasteiger partial charge in [0.05, 0.1) is 30.6 Å². The molecule has 20 nitrogen and oxygen atoms in total. The van der Waals surface area contributed by atoms with Gasteiger partial charge in [0.2, 0.25) is 29.5 Å². The molecule has 4 fully saturated rings. The first-order valence-electron chi connectivity index (χ1n) is 26.7. The predicted molar refractivity (Wildman–Crippen MR) is 293 cm³/mol. The molecule has 7 rings (SSSR count). The summed E-state index contributed by atoms with van der Waals surface area (Å²) in [6, 6.07) is 7.36. The summed E-state index contributed by atoms with van der Waals surface area (Å²) in [7, 11) is 5.87. The van der Waals surface area contributed by atoms with Crippen LogP contribution in [0.2, 0.25) is 5.02 Å². The van der Waals surface area contributed by atoms with E-state index in [0.717, 1.165) is 16.7 Å². The Morgan fingerprint density at radius 1 is 1.04 bits per heavy atom. The fraction of sp³-hybridized carbons (Fsp3) is 0.561. The van der Waals surface area contributed by atoms with Gasteiger partial charge in [-0.05, 0) is 94.5 Å². The Hall–Kier alpha value is -6.13. The highest BCUT2D eigenvalue weighted by molar-refractivity contribution is 8.00. The maximum atomic E-state index is 14.4. The van der Waals surface area contributed by atoms with Gasteiger partial charge in [-0.3, -0.25) is 43.8 Å². The number of epoxide rings is 1. The second-order valence-electron chi connectivity index (χ2n) is 21.5. The van der Waals surface area contributed by atoms with Crippen molar-refractivity contribution in [2.45, 2.75) is 139 Å². The maximum Gasteiger partial charge on any atom is 0.409 e. The number of alkyl carbamates (subject to hydrolysis) is 1. The molecule has 0 spiro atoms. The number of rotatable bonds is 17. The molecule has 428 valence electrons. The first kappa shape index (κ1) is 60.5. The molecule has 3 saturated heterocycles. The van der Waals surface area contributed by atoms with Crippen molar-refractivity contribution in [1.82, 2.24) is 20.4 Å². The number of anilines is 1. The number of thioether (sulfide) groups is 1. The molecule has 0 radical (unpaired) electrons. The van der Waals surface area contributed by atoms with Gasteiger partial charge >= 0.3 is 12.1 Å². The third-order valence-corrected chi connectivity index (χ3v) is 17.7. The number of nitrogens with one attached hydrogen (secondary N) is 2. The number of fused-ring (bicyclic) bond motifs is 5. The summed E-state index contributed by atoms with van der Waals surface area (Å²) in [5.74, 6) is -2.70. The molecule has 0 aromatic heterocycles. The normalized spacial score (nSPS) is 29.7. The van der Waals surface area contributed by atoms with E-state index < -0.39 is 83.2 Å². The largest absolute Gasteiger partial charge is 0.495 e. The number of carbonyl (C=O) groups is 9. The van der Waals surface area contributed by atoms with Gasteiger partial charge in [-0.15, -0.1) is 11.8 Å². The van der Waals surface area contributed by atoms with Gasteiger partial charge in [-0.1, -0.05) is 54.5 Å². The highest BCUT2D eigenvalue weighted by atomic mass is 35.5. The van der Waals surface area contributed by atoms with Gasteiger partial charge in [0.1, 0.15) is 40.7 Å². The number of allylic oxidation sites excluding steroid dienone is 3. The number of ether oxygens (including phenoxy) is 5. The van der Waals surface area contributed by atoms with E-state index in [2.05, 4.69) is 10.6 Å². The van der Waals surface area contributed by atoms with Crippen molar-refractivity contribution in [3.63, 3.8) is 0 Å². The van der Waals surface area contributed by atoms with Crippen LogP contribution >= 0.6 is 23.4 Å². The minimum Gasteiger partial charge on any atom is -0.495 e. The number of likely N-dealkylation sites (N-methyl/N-ethyl adjacent to an activating group) is 1. The smallest absolute Gasteiger partial charge is 0.409 e. The number of aldehydes is 2. The molecule has 5 aliphatic rings. The number of halogens is 1. The summed E-state index contributed by atoms with van der Waals surface area (Å²) in [6.45, 7) is 7.46. The van der Waals surface area contributed by atoms with Crippen LogP contribution in [0, 0.1) is 17.8 Å². The van der Waals surface area contributed by atoms with Crippen molar-refractivity contribution in [3.05, 3.63) is 81.4 Å². The fourth-order valence-corrected chi connectivity index (χ4v) is 12.4. The molecule has 2 aromatic rings. The predicted octanol–water partition coefficient (Wildman–Crippen LogP) is 5.56. The molecule has 7 unspecified atom stereocenters. The van der Waals surface area contributed by atoms with Crippen molar-refractivity contribution >= 4 is 83.2 Å². The van der Waals surface area contributed by atoms with Gasteiger partial charge in [-0.25, -0.2) is 9.59 Å². The second-order valence-corrected chi connectivity index (χ2v) is 23.2. The van der Waals surface area contributed by atoms with Crippen LogP contribution in [0.4, 0.5) is 10.5 Å². The number of amides is 6. The van der Waals surface area contributed by atoms with E-state index in [1.54, 1.807) is 63.4 Å². The van der Waals surface area contributed by atoms with Crippen LogP contribution in [0.15, 0.2) is 54.1 Å². The lowest BCUT2D eigenvalue weighted by Crippen LogP contribution is -2.63. The van der Waals surface area contributed by atoms with Crippen molar-refractivity contribution in [2.75, 3.05) is 52.1 Å². The Labute approximate surface area is 469 Å². The number of carbonyl (C=O) groups excluding carboxylic acids is 9. The van der Waals surface area contributed by atoms with E-state index in [1.165, 1.54) is 54.7 Å². The lowest BCUT2D eigenvalue weighted by molar-refractivity contribution is -0.162. The lowest BCUT2D eigenvalue weighted by Gasteiger charge is -2.42. The van der Waals surface area contributed by atoms with E-state index in [-0.39, 0.29) is 66.1 Å². The van der Waals surface area contributed by atoms with Crippen molar-refractivity contribution in [3.8, 4) is 5.75 Å². The van der Waals surface area contributed by atoms with Crippen LogP contribution in [-0.4, -0.2) is 163 Å². The molecular formula is C57H72ClN5O15S. The van der Waals surface area contributed by atoms with E-state index in [1.807, 2.05) is 13.0 Å². The molecule has 4 aliphatic heterocycles. The maximum absolute atomic E-state index is 14.4. The minimum atomic E-state index is -1.89. The first-order chi connectivity index (χ1) is 37.5. The van der Waals surface area contributed by atoms with Crippen molar-refractivity contribution in [2.24, 2.45) is 17.8 Å². The number of aliphatic hydroxyl groups is 1. The SMILES string of the molecule is COc1cc2cc(c1Cl)N(C)C(=O)C[C@H](OC(=O)[C@H](C)N(C)C(=O)CCSC1CC(=O)N(CC3CCC(C(=O)NCCc4ccc(C=O)c(C=O)c4)CC3)C1=O)C1(C)OC1C(C)C1CC(O)(NC(=O)O1)C(OC)/C=C/C=C(\C)C2. The third kappa shape index (κ3) is 14.1. The Morgan fingerprint density at radius 3 is 2.44 bits per heavy atom. The van der Waals surface area contributed by atoms with Crippen LogP contribution < -0.4 is 20.3 Å². The molecule has 4 bridgehead atoms. The van der Waals surface area contributed by atoms with E-state index in [4.69, 9.17) is 35.3 Å². The number of hydrogen-bond acceptors (Lipinski definition) is 16. The number of esters is 1. The molecule has 79 heavy (non-hydrogen) atoms. The summed E-state index contributed by atoms with van der Waals surface area (Å²) in [5.41, 5.74) is 0.227. The van der Waals surface area contributed by atoms with Crippen LogP contribution in [-0.2, 0) is 60.6 Å². The molecular weight excluding hydrogens is 1060 g/mol. The average Bonchev–Trinajstić information content (AvgIpc) is 4.23. The van der Waals surface area contributed by atoms with Gasteiger partial charge in [0.25, 0.3) is 0 Å². The molecule has 6 amide bonds. The van der Waals surface area contributed by atoms with E-state index in [9.17, 15) is 48.3 Å². The third-order valence-electron chi connectivity index (χ3n) is 16.1. The molecule has 22 heteroatoms. The van der Waals surface area contributed by atoms with Crippen LogP contribution in [0.5, 0.6) is 5.75 Å². The summed E-state index contributed by atoms with van der Waals surface area (Å²) >= 11 is 8.03. The van der Waals surface area contributed by atoms with E-state index >= 15 is 0 Å². The Bertz CT molecular complexity index is 2750. The summed E-state index contributed by atoms with van der Waals surface area (Å²) in [4.78, 5) is 121. The number of imide groups is 1. The highest BCUT2D eigenvalue weighted by Gasteiger charge is 2.64. The van der Waals surface area contributed by atoms with Crippen molar-refractivity contribution in [1.29, 1.82) is 0 Å². The zero-order valence-electron chi connectivity index (χ0n) is 46.0. The minimum absolute atomic E-state index is 0.00979. The van der Waals surface area contributed by atoms with Gasteiger partial charge in [-0.2, -0.15) is 0 Å². The van der Waals surface area contributed by atoms with Crippen LogP contribution in [0.25, 0.3) is 0 Å². The second kappa shape index (κ2) is 26.0. The molecule has 4 heterocycles. The average molecular weight is 1130 g/mol.